The molecule has 0 N–H and O–H groups in total. The Labute approximate surface area is 271 Å². The van der Waals surface area contributed by atoms with Crippen LogP contribution in [0.4, 0.5) is 39.5 Å². The normalized spacial score (nSPS) is 19.0. The monoisotopic (exact) mass is 734 g/mol. The minimum Gasteiger partial charge on any atom is -0.743 e. The summed E-state index contributed by atoms with van der Waals surface area (Å²) in [5.74, 6) is -15.1. The molecule has 1 aliphatic carbocycles. The predicted molar refractivity (Wildman–Crippen MR) is 155 cm³/mol. The molecule has 1 heterocycles. The Balaban J connectivity index is 0.000000253. The lowest BCUT2D eigenvalue weighted by Crippen LogP contribution is -2.63. The first-order valence-corrected chi connectivity index (χ1v) is 17.4. The molecule has 1 aliphatic heterocycles. The fourth-order valence-electron chi connectivity index (χ4n) is 4.90. The average molecular weight is 735 g/mol. The van der Waals surface area contributed by atoms with Crippen molar-refractivity contribution in [3.05, 3.63) is 84.9 Å². The summed E-state index contributed by atoms with van der Waals surface area (Å²) in [6.45, 7) is 1.49. The minimum atomic E-state index is -7.43. The number of hydrogen-bond acceptors (Lipinski definition) is 6. The Hall–Kier alpha value is -2.44. The second-order valence-electron chi connectivity index (χ2n) is 10.5. The van der Waals surface area contributed by atoms with Crippen molar-refractivity contribution in [2.45, 2.75) is 79.6 Å². The minimum absolute atomic E-state index is 0.0859. The summed E-state index contributed by atoms with van der Waals surface area (Å²) in [4.78, 5) is 5.41. The zero-order chi connectivity index (χ0) is 34.7. The molecule has 2 fully saturated rings. The third-order valence-electron chi connectivity index (χ3n) is 7.19. The van der Waals surface area contributed by atoms with Crippen LogP contribution in [0.5, 0.6) is 0 Å². The highest BCUT2D eigenvalue weighted by molar-refractivity contribution is 8.00. The summed E-state index contributed by atoms with van der Waals surface area (Å²) in [6, 6.07) is 30.9. The van der Waals surface area contributed by atoms with E-state index in [0.717, 1.165) is 26.1 Å². The van der Waals surface area contributed by atoms with E-state index in [-0.39, 0.29) is 16.7 Å². The van der Waals surface area contributed by atoms with Crippen LogP contribution in [0.25, 0.3) is 0 Å². The van der Waals surface area contributed by atoms with Crippen LogP contribution in [0.2, 0.25) is 0 Å². The van der Waals surface area contributed by atoms with E-state index in [4.69, 9.17) is 9.47 Å². The van der Waals surface area contributed by atoms with Gasteiger partial charge in [-0.25, -0.2) is 8.42 Å². The molecule has 1 spiro atoms. The van der Waals surface area contributed by atoms with Gasteiger partial charge in [0.15, 0.2) is 30.6 Å². The van der Waals surface area contributed by atoms with Crippen molar-refractivity contribution in [1.82, 2.24) is 0 Å². The molecular weight excluding hydrogens is 708 g/mol. The summed E-state index contributed by atoms with van der Waals surface area (Å²) in [7, 11) is -7.50. The number of benzene rings is 3. The molecule has 1 saturated heterocycles. The Kier molecular flexibility index (Phi) is 11.3. The van der Waals surface area contributed by atoms with Crippen molar-refractivity contribution in [2.24, 2.45) is 0 Å². The molecule has 0 aromatic heterocycles. The van der Waals surface area contributed by atoms with E-state index < -0.39 is 33.4 Å². The molecule has 3 aromatic carbocycles. The number of hydrogen-bond donors (Lipinski definition) is 0. The van der Waals surface area contributed by atoms with Gasteiger partial charge in [0.05, 0.1) is 24.1 Å². The smallest absolute Gasteiger partial charge is 0.460 e. The van der Waals surface area contributed by atoms with E-state index in [1.54, 1.807) is 0 Å². The zero-order valence-electron chi connectivity index (χ0n) is 24.1. The van der Waals surface area contributed by atoms with Crippen LogP contribution >= 0.6 is 11.8 Å². The van der Waals surface area contributed by atoms with Gasteiger partial charge in [-0.3, -0.25) is 0 Å². The molecule has 0 radical (unpaired) electrons. The van der Waals surface area contributed by atoms with E-state index in [0.29, 0.717) is 5.25 Å². The van der Waals surface area contributed by atoms with Gasteiger partial charge in [0.25, 0.3) is 0 Å². The average Bonchev–Trinajstić information content (AvgIpc) is 3.45. The Morgan fingerprint density at radius 3 is 1.64 bits per heavy atom. The SMILES string of the molecule is O=S(=O)([O-])C(F)(F)C(F)(F)C(F)(F)C(F)(F)F.c1ccc([S+](c2ccccc2)c2ccc(SC3CCCC4(C3)OCCO4)cc2)cc1. The summed E-state index contributed by atoms with van der Waals surface area (Å²) in [6.07, 6.45) is -2.71. The number of rotatable bonds is 8. The van der Waals surface area contributed by atoms with E-state index in [9.17, 15) is 52.5 Å². The third-order valence-corrected chi connectivity index (χ3v) is 11.6. The van der Waals surface area contributed by atoms with Crippen LogP contribution in [0.1, 0.15) is 25.7 Å². The topological polar surface area (TPSA) is 75.7 Å². The number of thioether (sulfide) groups is 1. The molecule has 0 amide bonds. The molecule has 258 valence electrons. The molecule has 5 rings (SSSR count). The second-order valence-corrected chi connectivity index (χ2v) is 15.3. The number of ether oxygens (including phenoxy) is 2. The second kappa shape index (κ2) is 14.2. The largest absolute Gasteiger partial charge is 0.743 e. The fourth-order valence-corrected chi connectivity index (χ4v) is 8.72. The van der Waals surface area contributed by atoms with Gasteiger partial charge in [-0.05, 0) is 61.4 Å². The van der Waals surface area contributed by atoms with E-state index in [2.05, 4.69) is 84.9 Å². The molecule has 47 heavy (non-hydrogen) atoms. The van der Waals surface area contributed by atoms with Gasteiger partial charge < -0.3 is 14.0 Å². The lowest BCUT2D eigenvalue weighted by molar-refractivity contribution is -0.382. The van der Waals surface area contributed by atoms with Crippen LogP contribution < -0.4 is 0 Å². The standard InChI is InChI=1S/C26H27O2S2.C4HF9O3S/c1-3-9-23(10-4-1)30(24-11-5-2-6-12-24)25-15-13-21(14-16-25)29-22-8-7-17-26(20-22)27-18-19-28-26;5-1(6,3(9,10)11)2(7,8)4(12,13)17(14,15)16/h1-6,9-16,22H,7-8,17-20H2;(H,14,15,16)/q+1;/p-1. The molecule has 3 aromatic rings. The molecular formula is C30H27F9O5S3. The Morgan fingerprint density at radius 1 is 0.723 bits per heavy atom. The van der Waals surface area contributed by atoms with Crippen molar-refractivity contribution >= 4 is 32.8 Å². The summed E-state index contributed by atoms with van der Waals surface area (Å²) in [5, 5.41) is -6.55. The van der Waals surface area contributed by atoms with Gasteiger partial charge in [0.1, 0.15) is 0 Å². The van der Waals surface area contributed by atoms with Gasteiger partial charge in [0.2, 0.25) is 0 Å². The Morgan fingerprint density at radius 2 is 1.19 bits per heavy atom. The van der Waals surface area contributed by atoms with Gasteiger partial charge in [0, 0.05) is 23.0 Å². The van der Waals surface area contributed by atoms with Gasteiger partial charge in [-0.1, -0.05) is 36.4 Å². The maximum atomic E-state index is 12.2. The van der Waals surface area contributed by atoms with Crippen LogP contribution in [-0.4, -0.2) is 60.5 Å². The number of halogens is 9. The first-order chi connectivity index (χ1) is 21.8. The summed E-state index contributed by atoms with van der Waals surface area (Å²) in [5.41, 5.74) is 0. The lowest BCUT2D eigenvalue weighted by Gasteiger charge is -2.35. The molecule has 1 atom stereocenters. The molecule has 5 nitrogen and oxygen atoms in total. The van der Waals surface area contributed by atoms with E-state index >= 15 is 0 Å². The highest BCUT2D eigenvalue weighted by Gasteiger charge is 2.83. The molecule has 2 aliphatic rings. The first kappa shape index (κ1) is 37.4. The van der Waals surface area contributed by atoms with Gasteiger partial charge in [-0.15, -0.1) is 11.8 Å². The maximum Gasteiger partial charge on any atom is 0.460 e. The summed E-state index contributed by atoms with van der Waals surface area (Å²) < 4.78 is 147. The van der Waals surface area contributed by atoms with Crippen molar-refractivity contribution in [2.75, 3.05) is 13.2 Å². The Bertz CT molecular complexity index is 1530. The van der Waals surface area contributed by atoms with Crippen molar-refractivity contribution in [3.8, 4) is 0 Å². The first-order valence-electron chi connectivity index (χ1n) is 13.9. The lowest BCUT2D eigenvalue weighted by atomic mass is 9.94. The zero-order valence-corrected chi connectivity index (χ0v) is 26.5. The van der Waals surface area contributed by atoms with Crippen LogP contribution in [0.15, 0.2) is 105 Å². The van der Waals surface area contributed by atoms with Crippen molar-refractivity contribution in [3.63, 3.8) is 0 Å². The van der Waals surface area contributed by atoms with E-state index in [1.165, 1.54) is 32.4 Å². The van der Waals surface area contributed by atoms with Crippen LogP contribution in [-0.2, 0) is 30.5 Å². The van der Waals surface area contributed by atoms with E-state index in [1.807, 2.05) is 11.8 Å². The van der Waals surface area contributed by atoms with Crippen molar-refractivity contribution in [1.29, 1.82) is 0 Å². The highest BCUT2D eigenvalue weighted by Crippen LogP contribution is 2.54. The maximum absolute atomic E-state index is 12.2. The fraction of sp³-hybridized carbons (Fsp3) is 0.400. The van der Waals surface area contributed by atoms with Crippen LogP contribution in [0.3, 0.4) is 0 Å². The predicted octanol–water partition coefficient (Wildman–Crippen LogP) is 8.52. The molecule has 1 saturated carbocycles. The summed E-state index contributed by atoms with van der Waals surface area (Å²) >= 11 is 1.98. The van der Waals surface area contributed by atoms with Gasteiger partial charge in [-0.2, -0.15) is 39.5 Å². The third kappa shape index (κ3) is 8.07. The van der Waals surface area contributed by atoms with Crippen molar-refractivity contribution < 1.29 is 62.0 Å². The quantitative estimate of drug-likeness (QED) is 0.131. The number of alkyl halides is 9. The van der Waals surface area contributed by atoms with Gasteiger partial charge >= 0.3 is 23.3 Å². The molecule has 17 heteroatoms. The van der Waals surface area contributed by atoms with Crippen LogP contribution in [0, 0.1) is 0 Å². The molecule has 1 unspecified atom stereocenters. The molecule has 0 bridgehead atoms. The highest BCUT2D eigenvalue weighted by atomic mass is 32.2.